The second-order valence-electron chi connectivity index (χ2n) is 9.15. The van der Waals surface area contributed by atoms with Crippen LogP contribution in [0.2, 0.25) is 28.7 Å². The largest absolute Gasteiger partial charge is 0.492 e. The lowest BCUT2D eigenvalue weighted by molar-refractivity contribution is -0.130. The van der Waals surface area contributed by atoms with Gasteiger partial charge in [-0.25, -0.2) is 4.79 Å². The Balaban J connectivity index is 6.21. The van der Waals surface area contributed by atoms with Crippen LogP contribution in [0.1, 0.15) is 69.2 Å². The third-order valence-corrected chi connectivity index (χ3v) is 16.7. The Morgan fingerprint density at radius 1 is 0.840 bits per heavy atom. The van der Waals surface area contributed by atoms with Gasteiger partial charge < -0.3 is 8.54 Å². The van der Waals surface area contributed by atoms with Gasteiger partial charge in [0, 0.05) is 18.2 Å². The van der Waals surface area contributed by atoms with E-state index in [9.17, 15) is 4.79 Å². The van der Waals surface area contributed by atoms with Crippen LogP contribution in [0, 0.1) is 11.8 Å². The molecule has 0 N–H and O–H groups in total. The van der Waals surface area contributed by atoms with Crippen molar-refractivity contribution in [1.82, 2.24) is 0 Å². The first kappa shape index (κ1) is 24.6. The van der Waals surface area contributed by atoms with Crippen molar-refractivity contribution in [2.45, 2.75) is 97.9 Å². The zero-order valence-electron chi connectivity index (χ0n) is 18.3. The van der Waals surface area contributed by atoms with E-state index in [1.165, 1.54) is 6.08 Å². The van der Waals surface area contributed by atoms with E-state index in [1.54, 1.807) is 0 Å². The van der Waals surface area contributed by atoms with Crippen molar-refractivity contribution in [2.75, 3.05) is 0 Å². The number of hydrogen-bond donors (Lipinski definition) is 0. The molecule has 148 valence electrons. The molecule has 0 bridgehead atoms. The summed E-state index contributed by atoms with van der Waals surface area (Å²) in [5, 5.41) is 0. The lowest BCUT2D eigenvalue weighted by Crippen LogP contribution is -2.59. The van der Waals surface area contributed by atoms with Gasteiger partial charge >= 0.3 is 14.5 Å². The molecular weight excluding hydrogens is 344 g/mol. The Labute approximate surface area is 159 Å². The predicted octanol–water partition coefficient (Wildman–Crippen LogP) is 6.66. The molecule has 0 aromatic carbocycles. The molecule has 0 unspecified atom stereocenters. The smallest absolute Gasteiger partial charge is 0.392 e. The average Bonchev–Trinajstić information content (AvgIpc) is 2.41. The highest BCUT2D eigenvalue weighted by atomic mass is 28.4. The Morgan fingerprint density at radius 3 is 1.44 bits per heavy atom. The molecule has 0 saturated carbocycles. The maximum Gasteiger partial charge on any atom is 0.392 e. The SMILES string of the molecule is C=CC(=O)O[Si](CC(C)C)(CC(C)C)O[Si](C(C)C)(C(C)C)C(C)C. The molecule has 0 atom stereocenters. The molecule has 5 heteroatoms. The van der Waals surface area contributed by atoms with Gasteiger partial charge in [-0.2, -0.15) is 0 Å². The maximum atomic E-state index is 12.2. The van der Waals surface area contributed by atoms with Crippen LogP contribution in [0.4, 0.5) is 0 Å². The fraction of sp³-hybridized carbons (Fsp3) is 0.850. The summed E-state index contributed by atoms with van der Waals surface area (Å²) >= 11 is 0. The predicted molar refractivity (Wildman–Crippen MR) is 113 cm³/mol. The van der Waals surface area contributed by atoms with Crippen molar-refractivity contribution in [2.24, 2.45) is 11.8 Å². The number of rotatable bonds is 11. The van der Waals surface area contributed by atoms with Crippen LogP contribution in [0.15, 0.2) is 12.7 Å². The molecule has 0 aliphatic heterocycles. The van der Waals surface area contributed by atoms with E-state index in [1.807, 2.05) is 0 Å². The van der Waals surface area contributed by atoms with Crippen LogP contribution < -0.4 is 0 Å². The standard InChI is InChI=1S/C20H42O3Si2/c1-12-20(21)22-24(13-15(2)3,14-16(4)5)23-25(17(6)7,18(8)9)19(10)11/h12,15-19H,1,13-14H2,2-11H3. The summed E-state index contributed by atoms with van der Waals surface area (Å²) in [5.74, 6) is 0.537. The van der Waals surface area contributed by atoms with Crippen LogP contribution in [-0.4, -0.2) is 22.8 Å². The fourth-order valence-corrected chi connectivity index (χ4v) is 17.9. The van der Waals surface area contributed by atoms with E-state index in [0.717, 1.165) is 12.1 Å². The quantitative estimate of drug-likeness (QED) is 0.294. The minimum atomic E-state index is -2.69. The van der Waals surface area contributed by atoms with E-state index >= 15 is 0 Å². The lowest BCUT2D eigenvalue weighted by Gasteiger charge is -2.48. The molecule has 0 aliphatic rings. The molecule has 3 nitrogen and oxygen atoms in total. The Kier molecular flexibility index (Phi) is 9.91. The van der Waals surface area contributed by atoms with Gasteiger partial charge in [0.05, 0.1) is 0 Å². The fourth-order valence-electron chi connectivity index (χ4n) is 4.42. The molecule has 0 aliphatic carbocycles. The first-order valence-corrected chi connectivity index (χ1v) is 14.3. The van der Waals surface area contributed by atoms with E-state index in [-0.39, 0.29) is 5.97 Å². The summed E-state index contributed by atoms with van der Waals surface area (Å²) in [4.78, 5) is 12.2. The van der Waals surface area contributed by atoms with Crippen molar-refractivity contribution >= 4 is 22.8 Å². The van der Waals surface area contributed by atoms with Crippen molar-refractivity contribution < 1.29 is 13.3 Å². The summed E-state index contributed by atoms with van der Waals surface area (Å²) in [6, 6.07) is 1.71. The average molecular weight is 387 g/mol. The van der Waals surface area contributed by atoms with E-state index < -0.39 is 16.9 Å². The molecule has 0 amide bonds. The molecule has 0 rings (SSSR count). The third kappa shape index (κ3) is 6.68. The molecule has 0 heterocycles. The Hall–Kier alpha value is -0.396. The molecular formula is C20H42O3Si2. The topological polar surface area (TPSA) is 35.5 Å². The summed E-state index contributed by atoms with van der Waals surface area (Å²) < 4.78 is 13.3. The van der Waals surface area contributed by atoms with Crippen LogP contribution in [-0.2, 0) is 13.3 Å². The van der Waals surface area contributed by atoms with Crippen molar-refractivity contribution in [3.63, 3.8) is 0 Å². The van der Waals surface area contributed by atoms with Gasteiger partial charge in [-0.1, -0.05) is 75.8 Å². The second kappa shape index (κ2) is 10.1. The molecule has 0 aromatic heterocycles. The highest BCUT2D eigenvalue weighted by Crippen LogP contribution is 2.46. The van der Waals surface area contributed by atoms with Crippen LogP contribution in [0.3, 0.4) is 0 Å². The third-order valence-electron chi connectivity index (χ3n) is 4.96. The van der Waals surface area contributed by atoms with Gasteiger partial charge in [0.2, 0.25) is 0 Å². The number of hydrogen-bond acceptors (Lipinski definition) is 3. The summed E-state index contributed by atoms with van der Waals surface area (Å²) in [6.07, 6.45) is 1.29. The normalized spacial score (nSPS) is 13.4. The molecule has 0 spiro atoms. The zero-order valence-corrected chi connectivity index (χ0v) is 20.3. The monoisotopic (exact) mass is 386 g/mol. The van der Waals surface area contributed by atoms with Gasteiger partial charge in [0.15, 0.2) is 8.32 Å². The molecule has 0 saturated heterocycles. The van der Waals surface area contributed by atoms with Crippen LogP contribution in [0.5, 0.6) is 0 Å². The van der Waals surface area contributed by atoms with Gasteiger partial charge in [-0.15, -0.1) is 0 Å². The molecule has 0 aromatic rings. The first-order valence-electron chi connectivity index (χ1n) is 9.88. The minimum absolute atomic E-state index is 0.327. The molecule has 0 fully saturated rings. The second-order valence-corrected chi connectivity index (χ2v) is 18.0. The highest BCUT2D eigenvalue weighted by Gasteiger charge is 2.54. The molecule has 0 radical (unpaired) electrons. The van der Waals surface area contributed by atoms with Crippen LogP contribution >= 0.6 is 0 Å². The molecule has 25 heavy (non-hydrogen) atoms. The van der Waals surface area contributed by atoms with E-state index in [2.05, 4.69) is 75.8 Å². The first-order chi connectivity index (χ1) is 11.3. The van der Waals surface area contributed by atoms with Gasteiger partial charge in [0.25, 0.3) is 0 Å². The Morgan fingerprint density at radius 2 is 1.20 bits per heavy atom. The minimum Gasteiger partial charge on any atom is -0.492 e. The lowest BCUT2D eigenvalue weighted by atomic mass is 10.3. The number of carbonyl (C=O) groups is 1. The summed E-state index contributed by atoms with van der Waals surface area (Å²) in [7, 11) is -4.81. The van der Waals surface area contributed by atoms with Crippen molar-refractivity contribution in [1.29, 1.82) is 0 Å². The van der Waals surface area contributed by atoms with Crippen molar-refractivity contribution in [3.8, 4) is 0 Å². The van der Waals surface area contributed by atoms with Gasteiger partial charge in [0.1, 0.15) is 0 Å². The van der Waals surface area contributed by atoms with Gasteiger partial charge in [-0.3, -0.25) is 0 Å². The van der Waals surface area contributed by atoms with Crippen LogP contribution in [0.25, 0.3) is 0 Å². The van der Waals surface area contributed by atoms with Crippen molar-refractivity contribution in [3.05, 3.63) is 12.7 Å². The van der Waals surface area contributed by atoms with Gasteiger partial charge in [-0.05, 0) is 28.5 Å². The maximum absolute atomic E-state index is 12.2. The zero-order chi connectivity index (χ0) is 20.0. The summed E-state index contributed by atoms with van der Waals surface area (Å²) in [6.45, 7) is 26.1. The number of carbonyl (C=O) groups excluding carboxylic acids is 1. The Bertz CT molecular complexity index is 397. The van der Waals surface area contributed by atoms with E-state index in [4.69, 9.17) is 8.54 Å². The van der Waals surface area contributed by atoms with E-state index in [0.29, 0.717) is 28.5 Å². The highest BCUT2D eigenvalue weighted by molar-refractivity contribution is 6.87. The summed E-state index contributed by atoms with van der Waals surface area (Å²) in [5.41, 5.74) is 1.42.